The van der Waals surface area contributed by atoms with Gasteiger partial charge in [-0.1, -0.05) is 18.1 Å². The van der Waals surface area contributed by atoms with Gasteiger partial charge in [-0.25, -0.2) is 8.78 Å². The van der Waals surface area contributed by atoms with Crippen molar-refractivity contribution in [1.82, 2.24) is 20.2 Å². The van der Waals surface area contributed by atoms with Crippen LogP contribution in [0.5, 0.6) is 11.8 Å². The Balaban J connectivity index is 1.12. The summed E-state index contributed by atoms with van der Waals surface area (Å²) in [6.45, 7) is 4.69. The number of aromatic hydroxyl groups is 1. The van der Waals surface area contributed by atoms with Gasteiger partial charge in [0.25, 0.3) is 0 Å². The van der Waals surface area contributed by atoms with Gasteiger partial charge in [-0.15, -0.1) is 17.8 Å². The summed E-state index contributed by atoms with van der Waals surface area (Å²) < 4.78 is 39.6. The summed E-state index contributed by atoms with van der Waals surface area (Å²) in [7, 11) is 0. The van der Waals surface area contributed by atoms with E-state index >= 15 is 8.78 Å². The van der Waals surface area contributed by atoms with Gasteiger partial charge >= 0.3 is 6.01 Å². The second-order valence-electron chi connectivity index (χ2n) is 14.0. The van der Waals surface area contributed by atoms with Crippen LogP contribution in [0, 0.1) is 29.4 Å². The highest BCUT2D eigenvalue weighted by molar-refractivity contribution is 7.10. The molecule has 2 saturated heterocycles. The van der Waals surface area contributed by atoms with Crippen molar-refractivity contribution in [2.75, 3.05) is 37.7 Å². The number of nitrogens with zero attached hydrogens (tertiary/aromatic N) is 4. The van der Waals surface area contributed by atoms with E-state index in [2.05, 4.69) is 37.5 Å². The molecule has 2 N–H and O–H groups in total. The summed E-state index contributed by atoms with van der Waals surface area (Å²) >= 11 is 1.84. The zero-order valence-electron chi connectivity index (χ0n) is 26.4. The molecule has 7 nitrogen and oxygen atoms in total. The van der Waals surface area contributed by atoms with Crippen LogP contribution in [-0.4, -0.2) is 64.8 Å². The summed E-state index contributed by atoms with van der Waals surface area (Å²) in [4.78, 5) is 15.6. The zero-order chi connectivity index (χ0) is 32.6. The number of rotatable bonds is 7. The molecule has 48 heavy (non-hydrogen) atoms. The number of nitrogens with one attached hydrogen (secondary N) is 1. The molecule has 2 atom stereocenters. The number of phenols is 1. The highest BCUT2D eigenvalue weighted by Gasteiger charge is 2.45. The Kier molecular flexibility index (Phi) is 7.08. The van der Waals surface area contributed by atoms with E-state index in [1.54, 1.807) is 24.3 Å². The zero-order valence-corrected chi connectivity index (χ0v) is 27.3. The number of ether oxygens (including phenoxy) is 1. The summed E-state index contributed by atoms with van der Waals surface area (Å²) in [5.74, 6) is 1.38. The Bertz CT molecular complexity index is 2130. The van der Waals surface area contributed by atoms with Crippen LogP contribution in [0.25, 0.3) is 32.8 Å². The summed E-state index contributed by atoms with van der Waals surface area (Å²) in [6, 6.07) is 12.4. The SMILES string of the molecule is C#Cc1cccc2cc(O)cc(-c3c(F)cc4c(N5CC6CCC(C5)N6)nc(OCC5(CN6CCc7sccc7C6)CC5)nc4c3F)c12. The van der Waals surface area contributed by atoms with Crippen molar-refractivity contribution < 1.29 is 18.6 Å². The van der Waals surface area contributed by atoms with Crippen LogP contribution >= 0.6 is 11.3 Å². The van der Waals surface area contributed by atoms with Gasteiger partial charge in [0.15, 0.2) is 5.82 Å². The second-order valence-corrected chi connectivity index (χ2v) is 15.0. The molecule has 1 aliphatic carbocycles. The van der Waals surface area contributed by atoms with Crippen molar-refractivity contribution >= 4 is 38.8 Å². The van der Waals surface area contributed by atoms with Gasteiger partial charge in [-0.2, -0.15) is 9.97 Å². The van der Waals surface area contributed by atoms with Crippen molar-refractivity contribution in [2.45, 2.75) is 50.7 Å². The Morgan fingerprint density at radius 1 is 1.10 bits per heavy atom. The Hall–Kier alpha value is -4.30. The smallest absolute Gasteiger partial charge is 0.319 e. The van der Waals surface area contributed by atoms with Crippen LogP contribution in [-0.2, 0) is 13.0 Å². The van der Waals surface area contributed by atoms with Crippen molar-refractivity contribution in [1.29, 1.82) is 0 Å². The molecule has 244 valence electrons. The molecule has 5 heterocycles. The van der Waals surface area contributed by atoms with E-state index in [0.29, 0.717) is 47.2 Å². The number of thiophene rings is 1. The fourth-order valence-corrected chi connectivity index (χ4v) is 8.96. The number of piperazine rings is 1. The molecule has 3 fully saturated rings. The average Bonchev–Trinajstić information content (AvgIpc) is 3.53. The maximum atomic E-state index is 16.9. The van der Waals surface area contributed by atoms with Gasteiger partial charge in [0.05, 0.1) is 12.2 Å². The van der Waals surface area contributed by atoms with E-state index in [9.17, 15) is 5.11 Å². The third-order valence-corrected chi connectivity index (χ3v) is 11.7. The van der Waals surface area contributed by atoms with Gasteiger partial charge in [-0.3, -0.25) is 4.90 Å². The van der Waals surface area contributed by atoms with Crippen LogP contribution in [0.15, 0.2) is 47.8 Å². The molecular formula is C38H35F2N5O2S. The van der Waals surface area contributed by atoms with E-state index in [-0.39, 0.29) is 45.9 Å². The lowest BCUT2D eigenvalue weighted by atomic mass is 9.93. The number of terminal acetylenes is 1. The van der Waals surface area contributed by atoms with Crippen molar-refractivity contribution in [3.63, 3.8) is 0 Å². The molecule has 3 aromatic carbocycles. The van der Waals surface area contributed by atoms with Crippen LogP contribution in [0.2, 0.25) is 0 Å². The van der Waals surface area contributed by atoms with E-state index in [1.807, 2.05) is 11.3 Å². The molecule has 0 radical (unpaired) electrons. The topological polar surface area (TPSA) is 73.8 Å². The molecular weight excluding hydrogens is 629 g/mol. The van der Waals surface area contributed by atoms with Gasteiger partial charge < -0.3 is 20.1 Å². The second kappa shape index (κ2) is 11.4. The highest BCUT2D eigenvalue weighted by atomic mass is 32.1. The van der Waals surface area contributed by atoms with Crippen LogP contribution in [0.4, 0.5) is 14.6 Å². The number of halogens is 2. The largest absolute Gasteiger partial charge is 0.508 e. The molecule has 10 heteroatoms. The number of aromatic nitrogens is 2. The Morgan fingerprint density at radius 3 is 2.73 bits per heavy atom. The lowest BCUT2D eigenvalue weighted by Crippen LogP contribution is -2.51. The number of phenolic OH excluding ortho intramolecular Hbond substituents is 1. The lowest BCUT2D eigenvalue weighted by molar-refractivity contribution is 0.146. The monoisotopic (exact) mass is 663 g/mol. The number of hydrogen-bond donors (Lipinski definition) is 2. The maximum Gasteiger partial charge on any atom is 0.319 e. The fourth-order valence-electron chi connectivity index (χ4n) is 8.07. The van der Waals surface area contributed by atoms with E-state index in [1.165, 1.54) is 22.6 Å². The molecule has 9 rings (SSSR count). The van der Waals surface area contributed by atoms with Crippen molar-refractivity contribution in [2.24, 2.45) is 5.41 Å². The summed E-state index contributed by atoms with van der Waals surface area (Å²) in [6.07, 6.45) is 11.1. The molecule has 3 aliphatic heterocycles. The Labute approximate surface area is 281 Å². The first-order chi connectivity index (χ1) is 23.4. The molecule has 5 aromatic rings. The molecule has 2 unspecified atom stereocenters. The number of fused-ring (bicyclic) bond motifs is 5. The lowest BCUT2D eigenvalue weighted by Gasteiger charge is -2.34. The quantitative estimate of drug-likeness (QED) is 0.189. The first kappa shape index (κ1) is 29.8. The molecule has 4 aliphatic rings. The third-order valence-electron chi connectivity index (χ3n) is 10.7. The van der Waals surface area contributed by atoms with Crippen LogP contribution in [0.3, 0.4) is 0 Å². The number of anilines is 1. The first-order valence-electron chi connectivity index (χ1n) is 16.7. The molecule has 2 bridgehead atoms. The predicted octanol–water partition coefficient (Wildman–Crippen LogP) is 6.63. The van der Waals surface area contributed by atoms with E-state index in [0.717, 1.165) is 51.7 Å². The minimum absolute atomic E-state index is 0.00123. The molecule has 1 saturated carbocycles. The molecule has 0 spiro atoms. The highest BCUT2D eigenvalue weighted by Crippen LogP contribution is 2.48. The van der Waals surface area contributed by atoms with Gasteiger partial charge in [0.2, 0.25) is 0 Å². The minimum atomic E-state index is -0.837. The van der Waals surface area contributed by atoms with Gasteiger partial charge in [-0.05, 0) is 78.8 Å². The minimum Gasteiger partial charge on any atom is -0.508 e. The van der Waals surface area contributed by atoms with Crippen LogP contribution in [0.1, 0.15) is 41.7 Å². The van der Waals surface area contributed by atoms with Crippen molar-refractivity contribution in [3.05, 3.63) is 75.5 Å². The van der Waals surface area contributed by atoms with E-state index < -0.39 is 11.6 Å². The normalized spacial score (nSPS) is 21.4. The van der Waals surface area contributed by atoms with Gasteiger partial charge in [0.1, 0.15) is 22.9 Å². The molecule has 2 aromatic heterocycles. The average molecular weight is 664 g/mol. The number of benzene rings is 3. The van der Waals surface area contributed by atoms with Gasteiger partial charge in [0, 0.05) is 77.0 Å². The maximum absolute atomic E-state index is 16.9. The summed E-state index contributed by atoms with van der Waals surface area (Å²) in [5.41, 5.74) is 1.76. The fraction of sp³-hybridized carbons (Fsp3) is 0.368. The molecule has 0 amide bonds. The number of hydrogen-bond acceptors (Lipinski definition) is 8. The first-order valence-corrected chi connectivity index (χ1v) is 17.6. The van der Waals surface area contributed by atoms with E-state index in [4.69, 9.17) is 16.1 Å². The predicted molar refractivity (Wildman–Crippen MR) is 185 cm³/mol. The standard InChI is InChI=1S/C38H35F2N5O2S/c1-2-22-4-3-5-23-14-27(46)15-28(32(22)23)33-30(39)16-29-35(34(33)40)42-37(43-36(29)45-18-25-6-7-26(19-45)41-25)47-21-38(10-11-38)20-44-12-8-31-24(17-44)9-13-48-31/h1,3-5,9,13-16,25-26,41,46H,6-8,10-12,17-21H2. The Morgan fingerprint density at radius 2 is 1.94 bits per heavy atom. The summed E-state index contributed by atoms with van der Waals surface area (Å²) in [5, 5.41) is 17.8. The third kappa shape index (κ3) is 5.16. The van der Waals surface area contributed by atoms with Crippen LogP contribution < -0.4 is 15.0 Å². The van der Waals surface area contributed by atoms with Crippen molar-refractivity contribution in [3.8, 4) is 35.2 Å².